The molecule has 0 fully saturated rings. The minimum Gasteiger partial charge on any atom is -0.395 e. The fraction of sp³-hybridized carbons (Fsp3) is 0.286. The number of anilines is 1. The summed E-state index contributed by atoms with van der Waals surface area (Å²) < 4.78 is 2.82. The summed E-state index contributed by atoms with van der Waals surface area (Å²) >= 11 is 4.90. The van der Waals surface area contributed by atoms with Crippen molar-refractivity contribution in [2.24, 2.45) is 0 Å². The summed E-state index contributed by atoms with van der Waals surface area (Å²) in [4.78, 5) is 5.26. The molecule has 13 heavy (non-hydrogen) atoms. The maximum Gasteiger partial charge on any atom is 0.156 e. The average molecular weight is 262 g/mol. The van der Waals surface area contributed by atoms with Crippen LogP contribution >= 0.6 is 27.9 Å². The van der Waals surface area contributed by atoms with Gasteiger partial charge in [-0.05, 0) is 33.9 Å². The first-order valence-corrected chi connectivity index (χ1v) is 5.35. The van der Waals surface area contributed by atoms with E-state index in [1.54, 1.807) is 18.1 Å². The first-order chi connectivity index (χ1) is 6.29. The number of β-amino-alcohol motifs (C(OH)–C–C–N with tert-alkyl or cyclic N) is 1. The molecule has 0 saturated carbocycles. The minimum absolute atomic E-state index is 0.134. The maximum atomic E-state index is 8.74. The number of nitrogens with zero attached hydrogens (tertiary/aromatic N) is 2. The topological polar surface area (TPSA) is 48.4 Å². The molecule has 4 nitrogen and oxygen atoms in total. The maximum absolute atomic E-state index is 8.74. The van der Waals surface area contributed by atoms with E-state index in [1.165, 1.54) is 0 Å². The Balaban J connectivity index is 2.16. The number of pyridine rings is 1. The molecule has 0 unspecified atom stereocenters. The number of aliphatic hydroxyl groups excluding tert-OH is 1. The molecule has 6 heteroatoms. The number of aromatic nitrogens is 1. The highest BCUT2D eigenvalue weighted by molar-refractivity contribution is 9.10. The SMILES string of the molecule is OCCN1Nc2ncc(Br)cc2S1. The summed E-state index contributed by atoms with van der Waals surface area (Å²) in [6.45, 7) is 0.716. The van der Waals surface area contributed by atoms with Crippen molar-refractivity contribution in [1.29, 1.82) is 0 Å². The van der Waals surface area contributed by atoms with Crippen molar-refractivity contribution in [3.05, 3.63) is 16.7 Å². The standard InChI is InChI=1S/C7H8BrN3OS/c8-5-3-6-7(9-4-5)10-11(13-6)1-2-12/h3-4,12H,1-2H2,(H,9,10). The zero-order valence-electron chi connectivity index (χ0n) is 6.70. The van der Waals surface area contributed by atoms with Crippen molar-refractivity contribution >= 4 is 33.7 Å². The molecule has 0 aliphatic carbocycles. The summed E-state index contributed by atoms with van der Waals surface area (Å²) in [6, 6.07) is 2.00. The van der Waals surface area contributed by atoms with E-state index in [0.717, 1.165) is 15.2 Å². The predicted octanol–water partition coefficient (Wildman–Crippen LogP) is 1.49. The van der Waals surface area contributed by atoms with Gasteiger partial charge >= 0.3 is 0 Å². The van der Waals surface area contributed by atoms with Gasteiger partial charge in [0.25, 0.3) is 0 Å². The van der Waals surface area contributed by atoms with Gasteiger partial charge in [0.15, 0.2) is 5.82 Å². The molecule has 2 heterocycles. The van der Waals surface area contributed by atoms with Crippen LogP contribution in [0.1, 0.15) is 0 Å². The Kier molecular flexibility index (Phi) is 2.73. The second kappa shape index (κ2) is 3.83. The van der Waals surface area contributed by atoms with Crippen molar-refractivity contribution < 1.29 is 5.11 Å². The number of fused-ring (bicyclic) bond motifs is 1. The molecular weight excluding hydrogens is 254 g/mol. The molecule has 0 saturated heterocycles. The van der Waals surface area contributed by atoms with Gasteiger partial charge in [-0.1, -0.05) is 0 Å². The van der Waals surface area contributed by atoms with Crippen LogP contribution in [0.15, 0.2) is 21.6 Å². The quantitative estimate of drug-likeness (QED) is 0.791. The number of aliphatic hydroxyl groups is 1. The Morgan fingerprint density at radius 2 is 2.54 bits per heavy atom. The van der Waals surface area contributed by atoms with Gasteiger partial charge in [-0.2, -0.15) is 4.41 Å². The van der Waals surface area contributed by atoms with Gasteiger partial charge in [-0.15, -0.1) is 0 Å². The Morgan fingerprint density at radius 3 is 3.31 bits per heavy atom. The summed E-state index contributed by atoms with van der Waals surface area (Å²) in [5, 5.41) is 8.74. The number of hydrogen-bond acceptors (Lipinski definition) is 5. The van der Waals surface area contributed by atoms with Gasteiger partial charge in [0.1, 0.15) is 0 Å². The van der Waals surface area contributed by atoms with E-state index in [-0.39, 0.29) is 6.61 Å². The lowest BCUT2D eigenvalue weighted by molar-refractivity contribution is 0.273. The Morgan fingerprint density at radius 1 is 1.69 bits per heavy atom. The molecule has 0 amide bonds. The van der Waals surface area contributed by atoms with Crippen molar-refractivity contribution in [1.82, 2.24) is 9.40 Å². The third kappa shape index (κ3) is 1.96. The zero-order valence-corrected chi connectivity index (χ0v) is 9.10. The lowest BCUT2D eigenvalue weighted by Gasteiger charge is -2.10. The van der Waals surface area contributed by atoms with E-state index < -0.39 is 0 Å². The second-order valence-corrected chi connectivity index (χ2v) is 4.51. The van der Waals surface area contributed by atoms with Gasteiger partial charge in [0.2, 0.25) is 0 Å². The monoisotopic (exact) mass is 261 g/mol. The van der Waals surface area contributed by atoms with Crippen molar-refractivity contribution in [3.63, 3.8) is 0 Å². The highest BCUT2D eigenvalue weighted by Crippen LogP contribution is 2.36. The Labute approximate surface area is 88.6 Å². The van der Waals surface area contributed by atoms with Crippen LogP contribution in [0.2, 0.25) is 0 Å². The molecule has 1 aliphatic rings. The van der Waals surface area contributed by atoms with Gasteiger partial charge in [-0.3, -0.25) is 5.43 Å². The van der Waals surface area contributed by atoms with Crippen LogP contribution < -0.4 is 5.43 Å². The van der Waals surface area contributed by atoms with Crippen LogP contribution in [0.3, 0.4) is 0 Å². The van der Waals surface area contributed by atoms with Gasteiger partial charge in [-0.25, -0.2) is 4.98 Å². The molecule has 0 spiro atoms. The van der Waals surface area contributed by atoms with Crippen LogP contribution in [0, 0.1) is 0 Å². The van der Waals surface area contributed by atoms with Gasteiger partial charge in [0, 0.05) is 10.7 Å². The van der Waals surface area contributed by atoms with E-state index >= 15 is 0 Å². The Bertz CT molecular complexity index is 323. The molecule has 70 valence electrons. The van der Waals surface area contributed by atoms with Crippen LogP contribution in [0.5, 0.6) is 0 Å². The number of halogens is 1. The largest absolute Gasteiger partial charge is 0.395 e. The molecular formula is C7H8BrN3OS. The number of hydrazine groups is 1. The van der Waals surface area contributed by atoms with Crippen LogP contribution in [-0.4, -0.2) is 27.7 Å². The molecule has 2 N–H and O–H groups in total. The van der Waals surface area contributed by atoms with Crippen molar-refractivity contribution in [2.45, 2.75) is 4.90 Å². The third-order valence-electron chi connectivity index (χ3n) is 1.56. The number of hydrogen-bond donors (Lipinski definition) is 2. The van der Waals surface area contributed by atoms with Crippen molar-refractivity contribution in [2.75, 3.05) is 18.6 Å². The first kappa shape index (κ1) is 9.26. The minimum atomic E-state index is 0.134. The molecule has 1 aromatic heterocycles. The molecule has 0 aromatic carbocycles. The van der Waals surface area contributed by atoms with Crippen LogP contribution in [0.25, 0.3) is 0 Å². The summed E-state index contributed by atoms with van der Waals surface area (Å²) in [5.74, 6) is 0.849. The van der Waals surface area contributed by atoms with E-state index in [2.05, 4.69) is 26.3 Å². The van der Waals surface area contributed by atoms with Crippen molar-refractivity contribution in [3.8, 4) is 0 Å². The second-order valence-electron chi connectivity index (χ2n) is 2.53. The molecule has 1 aliphatic heterocycles. The van der Waals surface area contributed by atoms with Crippen LogP contribution in [0.4, 0.5) is 5.82 Å². The smallest absolute Gasteiger partial charge is 0.156 e. The summed E-state index contributed by atoms with van der Waals surface area (Å²) in [6.07, 6.45) is 1.74. The highest BCUT2D eigenvalue weighted by atomic mass is 79.9. The Hall–Kier alpha value is -0.300. The lowest BCUT2D eigenvalue weighted by atomic mass is 10.5. The summed E-state index contributed by atoms with van der Waals surface area (Å²) in [7, 11) is 0. The predicted molar refractivity (Wildman–Crippen MR) is 55.2 cm³/mol. The first-order valence-electron chi connectivity index (χ1n) is 3.78. The molecule has 0 bridgehead atoms. The zero-order chi connectivity index (χ0) is 9.26. The van der Waals surface area contributed by atoms with E-state index in [1.807, 2.05) is 10.5 Å². The molecule has 1 aromatic rings. The normalized spacial score (nSPS) is 15.5. The van der Waals surface area contributed by atoms with E-state index in [0.29, 0.717) is 6.54 Å². The van der Waals surface area contributed by atoms with Gasteiger partial charge < -0.3 is 5.11 Å². The lowest BCUT2D eigenvalue weighted by Crippen LogP contribution is -2.21. The summed E-state index contributed by atoms with van der Waals surface area (Å²) in [5.41, 5.74) is 3.07. The van der Waals surface area contributed by atoms with E-state index in [9.17, 15) is 0 Å². The van der Waals surface area contributed by atoms with E-state index in [4.69, 9.17) is 5.11 Å². The van der Waals surface area contributed by atoms with Gasteiger partial charge in [0.05, 0.1) is 18.0 Å². The molecule has 2 rings (SSSR count). The molecule has 0 radical (unpaired) electrons. The molecule has 0 atom stereocenters. The number of nitrogens with one attached hydrogen (secondary N) is 1. The third-order valence-corrected chi connectivity index (χ3v) is 3.00. The number of rotatable bonds is 2. The fourth-order valence-corrected chi connectivity index (χ4v) is 2.42. The highest BCUT2D eigenvalue weighted by Gasteiger charge is 2.19. The average Bonchev–Trinajstić information content (AvgIpc) is 2.46. The fourth-order valence-electron chi connectivity index (χ4n) is 1.03. The van der Waals surface area contributed by atoms with Crippen LogP contribution in [-0.2, 0) is 0 Å².